The highest BCUT2D eigenvalue weighted by atomic mass is 79.9. The third kappa shape index (κ3) is 2.51. The molecule has 19 heavy (non-hydrogen) atoms. The number of fused-ring (bicyclic) bond motifs is 1. The van der Waals surface area contributed by atoms with Crippen LogP contribution >= 0.6 is 31.9 Å². The van der Waals surface area contributed by atoms with Crippen molar-refractivity contribution in [2.24, 2.45) is 0 Å². The molecule has 2 aromatic rings. The molecule has 0 spiro atoms. The summed E-state index contributed by atoms with van der Waals surface area (Å²) in [7, 11) is 0. The third-order valence-corrected chi connectivity index (χ3v) is 3.97. The number of carbonyl (C=O) groups excluding carboxylic acids is 1. The molecule has 0 saturated heterocycles. The molecular weight excluding hydrogens is 370 g/mol. The maximum absolute atomic E-state index is 12.0. The first-order valence-electron chi connectivity index (χ1n) is 5.72. The summed E-state index contributed by atoms with van der Waals surface area (Å²) in [6.07, 6.45) is 1.90. The van der Waals surface area contributed by atoms with Gasteiger partial charge in [0, 0.05) is 25.8 Å². The molecule has 4 heteroatoms. The first-order chi connectivity index (χ1) is 9.13. The van der Waals surface area contributed by atoms with Crippen LogP contribution in [0.3, 0.4) is 0 Å². The van der Waals surface area contributed by atoms with E-state index < -0.39 is 0 Å². The number of rotatable bonds is 1. The largest absolute Gasteiger partial charge is 0.321 e. The fourth-order valence-electron chi connectivity index (χ4n) is 2.03. The van der Waals surface area contributed by atoms with Crippen LogP contribution in [0.4, 0.5) is 5.69 Å². The van der Waals surface area contributed by atoms with E-state index in [-0.39, 0.29) is 5.91 Å². The van der Waals surface area contributed by atoms with Crippen molar-refractivity contribution in [3.63, 3.8) is 0 Å². The second-order valence-electron chi connectivity index (χ2n) is 4.25. The quantitative estimate of drug-likeness (QED) is 0.715. The number of nitrogens with one attached hydrogen (secondary N) is 1. The molecule has 1 heterocycles. The molecule has 0 saturated carbocycles. The highest BCUT2D eigenvalue weighted by molar-refractivity contribution is 9.10. The van der Waals surface area contributed by atoms with Gasteiger partial charge >= 0.3 is 0 Å². The van der Waals surface area contributed by atoms with E-state index in [1.807, 2.05) is 48.5 Å². The summed E-state index contributed by atoms with van der Waals surface area (Å²) in [5.74, 6) is -0.0592. The van der Waals surface area contributed by atoms with E-state index in [4.69, 9.17) is 0 Å². The minimum atomic E-state index is -0.0592. The van der Waals surface area contributed by atoms with Gasteiger partial charge in [0.25, 0.3) is 5.91 Å². The monoisotopic (exact) mass is 377 g/mol. The zero-order valence-corrected chi connectivity index (χ0v) is 13.0. The van der Waals surface area contributed by atoms with Gasteiger partial charge in [-0.05, 0) is 42.0 Å². The Morgan fingerprint density at radius 1 is 0.947 bits per heavy atom. The summed E-state index contributed by atoms with van der Waals surface area (Å²) >= 11 is 6.83. The van der Waals surface area contributed by atoms with Crippen molar-refractivity contribution >= 4 is 55.1 Å². The number of halogens is 2. The van der Waals surface area contributed by atoms with E-state index in [1.165, 1.54) is 0 Å². The van der Waals surface area contributed by atoms with Crippen LogP contribution in [0.25, 0.3) is 11.6 Å². The Kier molecular flexibility index (Phi) is 3.29. The van der Waals surface area contributed by atoms with Gasteiger partial charge in [-0.3, -0.25) is 4.79 Å². The summed E-state index contributed by atoms with van der Waals surface area (Å²) < 4.78 is 1.98. The van der Waals surface area contributed by atoms with Crippen LogP contribution in [0.5, 0.6) is 0 Å². The smallest absolute Gasteiger partial charge is 0.256 e. The van der Waals surface area contributed by atoms with Crippen molar-refractivity contribution < 1.29 is 4.79 Å². The molecule has 0 unspecified atom stereocenters. The number of hydrogen-bond acceptors (Lipinski definition) is 1. The molecule has 1 amide bonds. The Morgan fingerprint density at radius 3 is 2.37 bits per heavy atom. The fraction of sp³-hybridized carbons (Fsp3) is 0. The van der Waals surface area contributed by atoms with Gasteiger partial charge in [-0.25, -0.2) is 0 Å². The zero-order valence-electron chi connectivity index (χ0n) is 9.78. The van der Waals surface area contributed by atoms with Crippen LogP contribution < -0.4 is 5.32 Å². The molecule has 0 aliphatic carbocycles. The van der Waals surface area contributed by atoms with Gasteiger partial charge in [0.2, 0.25) is 0 Å². The lowest BCUT2D eigenvalue weighted by atomic mass is 10.0. The molecule has 3 rings (SSSR count). The first-order valence-corrected chi connectivity index (χ1v) is 7.30. The molecule has 0 bridgehead atoms. The van der Waals surface area contributed by atoms with Gasteiger partial charge < -0.3 is 5.32 Å². The SMILES string of the molecule is O=C1Nc2ccc(Br)cc2/C1=C/c1ccc(Br)cc1. The van der Waals surface area contributed by atoms with Crippen molar-refractivity contribution in [1.29, 1.82) is 0 Å². The molecule has 0 atom stereocenters. The normalized spacial score (nSPS) is 15.5. The molecule has 1 aliphatic heterocycles. The van der Waals surface area contributed by atoms with Crippen molar-refractivity contribution in [2.75, 3.05) is 5.32 Å². The average molecular weight is 379 g/mol. The van der Waals surface area contributed by atoms with Crippen molar-refractivity contribution in [3.05, 3.63) is 62.5 Å². The molecule has 1 N–H and O–H groups in total. The van der Waals surface area contributed by atoms with Crippen LogP contribution in [-0.4, -0.2) is 5.91 Å². The summed E-state index contributed by atoms with van der Waals surface area (Å²) in [5.41, 5.74) is 3.48. The minimum absolute atomic E-state index is 0.0592. The predicted molar refractivity (Wildman–Crippen MR) is 84.8 cm³/mol. The Balaban J connectivity index is 2.08. The minimum Gasteiger partial charge on any atom is -0.321 e. The van der Waals surface area contributed by atoms with Gasteiger partial charge in [0.15, 0.2) is 0 Å². The molecule has 2 nitrogen and oxygen atoms in total. The van der Waals surface area contributed by atoms with Gasteiger partial charge in [-0.15, -0.1) is 0 Å². The van der Waals surface area contributed by atoms with E-state index in [0.29, 0.717) is 5.57 Å². The number of carbonyl (C=O) groups is 1. The van der Waals surface area contributed by atoms with Crippen LogP contribution in [0.2, 0.25) is 0 Å². The lowest BCUT2D eigenvalue weighted by molar-refractivity contribution is -0.110. The standard InChI is InChI=1S/C15H9Br2NO/c16-10-3-1-9(2-4-10)7-13-12-8-11(17)5-6-14(12)18-15(13)19/h1-8H,(H,18,19)/b13-7-. The summed E-state index contributed by atoms with van der Waals surface area (Å²) in [4.78, 5) is 12.0. The summed E-state index contributed by atoms with van der Waals surface area (Å²) in [5, 5.41) is 2.87. The molecule has 94 valence electrons. The number of amides is 1. The zero-order chi connectivity index (χ0) is 13.4. The Morgan fingerprint density at radius 2 is 1.63 bits per heavy atom. The van der Waals surface area contributed by atoms with Gasteiger partial charge in [0.1, 0.15) is 0 Å². The molecule has 0 radical (unpaired) electrons. The van der Waals surface area contributed by atoms with Crippen molar-refractivity contribution in [3.8, 4) is 0 Å². The van der Waals surface area contributed by atoms with Crippen LogP contribution in [0.1, 0.15) is 11.1 Å². The highest BCUT2D eigenvalue weighted by Crippen LogP contribution is 2.35. The average Bonchev–Trinajstić information content (AvgIpc) is 2.69. The Labute approximate surface area is 127 Å². The summed E-state index contributed by atoms with van der Waals surface area (Å²) in [6.45, 7) is 0. The second-order valence-corrected chi connectivity index (χ2v) is 6.08. The van der Waals surface area contributed by atoms with Gasteiger partial charge in [-0.2, -0.15) is 0 Å². The van der Waals surface area contributed by atoms with E-state index in [1.54, 1.807) is 0 Å². The summed E-state index contributed by atoms with van der Waals surface area (Å²) in [6, 6.07) is 13.6. The van der Waals surface area contributed by atoms with Crippen LogP contribution in [-0.2, 0) is 4.79 Å². The second kappa shape index (κ2) is 4.94. The molecule has 0 aromatic heterocycles. The molecule has 0 fully saturated rings. The third-order valence-electron chi connectivity index (χ3n) is 2.95. The topological polar surface area (TPSA) is 29.1 Å². The van der Waals surface area contributed by atoms with Crippen LogP contribution in [0, 0.1) is 0 Å². The first kappa shape index (κ1) is 12.6. The maximum atomic E-state index is 12.0. The van der Waals surface area contributed by atoms with E-state index >= 15 is 0 Å². The predicted octanol–water partition coefficient (Wildman–Crippen LogP) is 4.70. The fourth-order valence-corrected chi connectivity index (χ4v) is 2.65. The number of benzene rings is 2. The Bertz CT molecular complexity index is 690. The van der Waals surface area contributed by atoms with E-state index in [0.717, 1.165) is 25.8 Å². The lowest BCUT2D eigenvalue weighted by Gasteiger charge is -2.00. The van der Waals surface area contributed by atoms with E-state index in [9.17, 15) is 4.79 Å². The van der Waals surface area contributed by atoms with Crippen LogP contribution in [0.15, 0.2) is 51.4 Å². The van der Waals surface area contributed by atoms with Gasteiger partial charge in [-0.1, -0.05) is 44.0 Å². The number of hydrogen-bond donors (Lipinski definition) is 1. The highest BCUT2D eigenvalue weighted by Gasteiger charge is 2.23. The van der Waals surface area contributed by atoms with Crippen molar-refractivity contribution in [2.45, 2.75) is 0 Å². The van der Waals surface area contributed by atoms with E-state index in [2.05, 4.69) is 37.2 Å². The van der Waals surface area contributed by atoms with Crippen molar-refractivity contribution in [1.82, 2.24) is 0 Å². The maximum Gasteiger partial charge on any atom is 0.256 e. The number of anilines is 1. The molecular formula is C15H9Br2NO. The molecule has 2 aromatic carbocycles. The van der Waals surface area contributed by atoms with Gasteiger partial charge in [0.05, 0.1) is 0 Å². The Hall–Kier alpha value is -1.39. The lowest BCUT2D eigenvalue weighted by Crippen LogP contribution is -2.03. The molecule has 1 aliphatic rings.